The molecule has 30 heavy (non-hydrogen) atoms. The minimum absolute atomic E-state index is 0.128. The van der Waals surface area contributed by atoms with E-state index in [1.807, 2.05) is 0 Å². The van der Waals surface area contributed by atoms with E-state index < -0.39 is 17.1 Å². The first-order chi connectivity index (χ1) is 14.0. The van der Waals surface area contributed by atoms with Gasteiger partial charge in [0.15, 0.2) is 0 Å². The summed E-state index contributed by atoms with van der Waals surface area (Å²) in [7, 11) is -5.06. The number of rotatable bonds is 14. The van der Waals surface area contributed by atoms with Gasteiger partial charge in [0.05, 0.1) is 0 Å². The second-order valence-corrected chi connectivity index (χ2v) is 15.4. The average Bonchev–Trinajstić information content (AvgIpc) is 2.60. The Morgan fingerprint density at radius 3 is 0.933 bits per heavy atom. The van der Waals surface area contributed by atoms with Crippen LogP contribution < -0.4 is 10.4 Å². The number of hydrogen-bond donors (Lipinski definition) is 0. The van der Waals surface area contributed by atoms with Crippen molar-refractivity contribution in [3.63, 3.8) is 0 Å². The molecule has 0 spiro atoms. The minimum Gasteiger partial charge on any atom is -0.388 e. The van der Waals surface area contributed by atoms with E-state index in [1.54, 1.807) is 0 Å². The van der Waals surface area contributed by atoms with Crippen LogP contribution in [-0.2, 0) is 17.7 Å². The fourth-order valence-corrected chi connectivity index (χ4v) is 11.4. The molecule has 0 aliphatic rings. The largest absolute Gasteiger partial charge is 0.388 e. The van der Waals surface area contributed by atoms with Crippen LogP contribution in [0.3, 0.4) is 0 Å². The second-order valence-electron chi connectivity index (χ2n) is 9.25. The monoisotopic (exact) mass is 454 g/mol. The van der Waals surface area contributed by atoms with E-state index in [1.165, 1.54) is 10.4 Å². The van der Waals surface area contributed by atoms with Crippen molar-refractivity contribution in [2.75, 3.05) is 0 Å². The predicted molar refractivity (Wildman–Crippen MR) is 132 cm³/mol. The van der Waals surface area contributed by atoms with Crippen molar-refractivity contribution in [3.8, 4) is 0 Å². The fraction of sp³-hybridized carbons (Fsp3) is 0.750. The first-order valence-corrected chi connectivity index (χ1v) is 15.9. The lowest BCUT2D eigenvalue weighted by molar-refractivity contribution is 0.113. The van der Waals surface area contributed by atoms with E-state index in [-0.39, 0.29) is 24.4 Å². The Kier molecular flexibility index (Phi) is 11.5. The second kappa shape index (κ2) is 12.5. The SMILES string of the molecule is CCC[Si](OC(C)C)(OC(C)C)c1ccc([Si](CCC)(OC(C)C)OC(C)C)cc1. The van der Waals surface area contributed by atoms with E-state index in [4.69, 9.17) is 17.7 Å². The molecule has 0 bridgehead atoms. The quantitative estimate of drug-likeness (QED) is 0.348. The Bertz CT molecular complexity index is 527. The van der Waals surface area contributed by atoms with Gasteiger partial charge in [-0.05, 0) is 77.9 Å². The highest BCUT2D eigenvalue weighted by atomic mass is 28.4. The summed E-state index contributed by atoms with van der Waals surface area (Å²) in [5.41, 5.74) is 0. The summed E-state index contributed by atoms with van der Waals surface area (Å²) in [6.07, 6.45) is 2.59. The van der Waals surface area contributed by atoms with Gasteiger partial charge >= 0.3 is 17.1 Å². The molecule has 0 saturated heterocycles. The summed E-state index contributed by atoms with van der Waals surface area (Å²) >= 11 is 0. The molecule has 0 aromatic heterocycles. The lowest BCUT2D eigenvalue weighted by atomic mass is 10.4. The molecule has 1 rings (SSSR count). The zero-order chi connectivity index (χ0) is 22.9. The summed E-state index contributed by atoms with van der Waals surface area (Å²) in [5.74, 6) is 0. The summed E-state index contributed by atoms with van der Waals surface area (Å²) < 4.78 is 26.2. The summed E-state index contributed by atoms with van der Waals surface area (Å²) in [6.45, 7) is 21.2. The van der Waals surface area contributed by atoms with Crippen LogP contribution in [-0.4, -0.2) is 41.5 Å². The van der Waals surface area contributed by atoms with Gasteiger partial charge in [-0.1, -0.05) is 51.0 Å². The van der Waals surface area contributed by atoms with Gasteiger partial charge in [-0.3, -0.25) is 0 Å². The van der Waals surface area contributed by atoms with Gasteiger partial charge in [0.1, 0.15) is 0 Å². The molecule has 0 N–H and O–H groups in total. The van der Waals surface area contributed by atoms with Crippen LogP contribution in [0.2, 0.25) is 12.1 Å². The van der Waals surface area contributed by atoms with Crippen molar-refractivity contribution in [1.82, 2.24) is 0 Å². The molecule has 0 atom stereocenters. The number of hydrogen-bond acceptors (Lipinski definition) is 4. The molecule has 0 amide bonds. The van der Waals surface area contributed by atoms with Gasteiger partial charge in [0.2, 0.25) is 0 Å². The Hall–Kier alpha value is -0.506. The molecular formula is C24H46O4Si2. The van der Waals surface area contributed by atoms with Crippen molar-refractivity contribution in [2.45, 2.75) is 119 Å². The van der Waals surface area contributed by atoms with Gasteiger partial charge in [0.25, 0.3) is 0 Å². The highest BCUT2D eigenvalue weighted by Crippen LogP contribution is 2.23. The predicted octanol–water partition coefficient (Wildman–Crippen LogP) is 5.51. The maximum atomic E-state index is 6.54. The van der Waals surface area contributed by atoms with E-state index in [0.29, 0.717) is 0 Å². The van der Waals surface area contributed by atoms with Crippen molar-refractivity contribution in [3.05, 3.63) is 24.3 Å². The molecule has 6 heteroatoms. The van der Waals surface area contributed by atoms with Crippen LogP contribution in [0, 0.1) is 0 Å². The van der Waals surface area contributed by atoms with Crippen LogP contribution in [0.1, 0.15) is 82.1 Å². The van der Waals surface area contributed by atoms with Crippen molar-refractivity contribution in [2.24, 2.45) is 0 Å². The normalized spacial score (nSPS) is 13.3. The third-order valence-electron chi connectivity index (χ3n) is 4.63. The van der Waals surface area contributed by atoms with Gasteiger partial charge < -0.3 is 17.7 Å². The molecule has 0 heterocycles. The van der Waals surface area contributed by atoms with Crippen LogP contribution in [0.25, 0.3) is 0 Å². The van der Waals surface area contributed by atoms with E-state index in [9.17, 15) is 0 Å². The zero-order valence-corrected chi connectivity index (χ0v) is 23.1. The van der Waals surface area contributed by atoms with E-state index >= 15 is 0 Å². The lowest BCUT2D eigenvalue weighted by Gasteiger charge is -2.36. The van der Waals surface area contributed by atoms with E-state index in [2.05, 4.69) is 93.5 Å². The molecule has 1 aromatic rings. The third-order valence-corrected chi connectivity index (χ3v) is 12.8. The fourth-order valence-electron chi connectivity index (χ4n) is 4.01. The zero-order valence-electron chi connectivity index (χ0n) is 21.1. The van der Waals surface area contributed by atoms with Gasteiger partial charge in [-0.15, -0.1) is 0 Å². The molecule has 0 fully saturated rings. The van der Waals surface area contributed by atoms with Crippen LogP contribution >= 0.6 is 0 Å². The highest BCUT2D eigenvalue weighted by molar-refractivity contribution is 6.82. The smallest absolute Gasteiger partial charge is 0.372 e. The van der Waals surface area contributed by atoms with E-state index in [0.717, 1.165) is 24.9 Å². The molecule has 0 radical (unpaired) electrons. The molecule has 0 saturated carbocycles. The Morgan fingerprint density at radius 2 is 0.767 bits per heavy atom. The molecule has 174 valence electrons. The van der Waals surface area contributed by atoms with Gasteiger partial charge in [-0.2, -0.15) is 0 Å². The molecule has 0 aliphatic heterocycles. The number of benzene rings is 1. The maximum absolute atomic E-state index is 6.54. The molecule has 4 nitrogen and oxygen atoms in total. The van der Waals surface area contributed by atoms with Crippen LogP contribution in [0.15, 0.2) is 24.3 Å². The van der Waals surface area contributed by atoms with Crippen molar-refractivity contribution >= 4 is 27.5 Å². The van der Waals surface area contributed by atoms with Crippen molar-refractivity contribution < 1.29 is 17.7 Å². The maximum Gasteiger partial charge on any atom is 0.372 e. The van der Waals surface area contributed by atoms with Gasteiger partial charge in [0, 0.05) is 24.4 Å². The average molecular weight is 455 g/mol. The third kappa shape index (κ3) is 7.88. The Labute approximate surface area is 188 Å². The molecular weight excluding hydrogens is 408 g/mol. The minimum atomic E-state index is -2.53. The van der Waals surface area contributed by atoms with Gasteiger partial charge in [-0.25, -0.2) is 0 Å². The molecule has 1 aromatic carbocycles. The van der Waals surface area contributed by atoms with Crippen LogP contribution in [0.4, 0.5) is 0 Å². The Balaban J connectivity index is 3.45. The highest BCUT2D eigenvalue weighted by Gasteiger charge is 2.44. The summed E-state index contributed by atoms with van der Waals surface area (Å²) in [6, 6.07) is 10.8. The Morgan fingerprint density at radius 1 is 0.533 bits per heavy atom. The summed E-state index contributed by atoms with van der Waals surface area (Å²) in [4.78, 5) is 0. The van der Waals surface area contributed by atoms with Crippen molar-refractivity contribution in [1.29, 1.82) is 0 Å². The first kappa shape index (κ1) is 27.5. The first-order valence-electron chi connectivity index (χ1n) is 11.8. The standard InChI is InChI=1S/C24H46O4Si2/c1-11-17-29(25-19(3)4,26-20(5)6)23-13-15-24(16-14-23)30(18-12-2,27-21(7)8)28-22(9)10/h13-16,19-22H,11-12,17-18H2,1-10H3. The van der Waals surface area contributed by atoms with Crippen LogP contribution in [0.5, 0.6) is 0 Å². The molecule has 0 unspecified atom stereocenters. The lowest BCUT2D eigenvalue weighted by Crippen LogP contribution is -2.59. The molecule has 0 aliphatic carbocycles. The summed E-state index contributed by atoms with van der Waals surface area (Å²) in [5, 5.41) is 2.40. The topological polar surface area (TPSA) is 36.9 Å².